The van der Waals surface area contributed by atoms with Crippen LogP contribution in [-0.4, -0.2) is 21.3 Å². The third kappa shape index (κ3) is 3.53. The standard InChI is InChI=1S/C16H18INO3/c1-19-14-9-8-11(15(20-2)16(14)21-3)10-18-13-7-5-4-6-12(13)17/h4-9,18H,10H2,1-3H3. The Morgan fingerprint density at radius 1 is 0.905 bits per heavy atom. The maximum absolute atomic E-state index is 5.48. The fourth-order valence-electron chi connectivity index (χ4n) is 2.10. The topological polar surface area (TPSA) is 39.7 Å². The van der Waals surface area contributed by atoms with Crippen molar-refractivity contribution < 1.29 is 14.2 Å². The highest BCUT2D eigenvalue weighted by Crippen LogP contribution is 2.40. The van der Waals surface area contributed by atoms with Crippen LogP contribution in [0.5, 0.6) is 17.2 Å². The number of methoxy groups -OCH3 is 3. The second-order valence-electron chi connectivity index (χ2n) is 4.33. The Kier molecular flexibility index (Phi) is 5.55. The summed E-state index contributed by atoms with van der Waals surface area (Å²) in [4.78, 5) is 0. The third-order valence-corrected chi connectivity index (χ3v) is 4.07. The number of rotatable bonds is 6. The van der Waals surface area contributed by atoms with Gasteiger partial charge in [0.05, 0.1) is 21.3 Å². The van der Waals surface area contributed by atoms with E-state index in [0.29, 0.717) is 23.8 Å². The molecule has 2 aromatic carbocycles. The number of anilines is 1. The smallest absolute Gasteiger partial charge is 0.203 e. The first-order valence-corrected chi connectivity index (χ1v) is 7.55. The molecule has 0 bridgehead atoms. The molecule has 0 radical (unpaired) electrons. The molecule has 0 heterocycles. The van der Waals surface area contributed by atoms with Crippen molar-refractivity contribution in [1.82, 2.24) is 0 Å². The molecular weight excluding hydrogens is 381 g/mol. The van der Waals surface area contributed by atoms with Crippen LogP contribution in [0, 0.1) is 3.57 Å². The molecule has 0 unspecified atom stereocenters. The molecule has 112 valence electrons. The van der Waals surface area contributed by atoms with Gasteiger partial charge in [-0.2, -0.15) is 0 Å². The molecule has 2 rings (SSSR count). The predicted octanol–water partition coefficient (Wildman–Crippen LogP) is 3.93. The molecule has 0 aliphatic heterocycles. The van der Waals surface area contributed by atoms with Crippen LogP contribution in [0.3, 0.4) is 0 Å². The molecule has 0 aliphatic rings. The number of benzene rings is 2. The van der Waals surface area contributed by atoms with Gasteiger partial charge in [0.2, 0.25) is 5.75 Å². The molecule has 0 saturated heterocycles. The first-order chi connectivity index (χ1) is 10.2. The zero-order valence-electron chi connectivity index (χ0n) is 12.3. The Morgan fingerprint density at radius 2 is 1.62 bits per heavy atom. The highest BCUT2D eigenvalue weighted by atomic mass is 127. The summed E-state index contributed by atoms with van der Waals surface area (Å²) in [6.07, 6.45) is 0. The molecule has 0 fully saturated rings. The summed E-state index contributed by atoms with van der Waals surface area (Å²) in [7, 11) is 4.85. The van der Waals surface area contributed by atoms with Gasteiger partial charge < -0.3 is 19.5 Å². The van der Waals surface area contributed by atoms with Gasteiger partial charge in [0.15, 0.2) is 11.5 Å². The van der Waals surface area contributed by atoms with Crippen molar-refractivity contribution in [3.05, 3.63) is 45.5 Å². The average Bonchev–Trinajstić information content (AvgIpc) is 2.52. The van der Waals surface area contributed by atoms with Crippen LogP contribution >= 0.6 is 22.6 Å². The molecule has 2 aromatic rings. The van der Waals surface area contributed by atoms with E-state index in [-0.39, 0.29) is 0 Å². The maximum Gasteiger partial charge on any atom is 0.203 e. The lowest BCUT2D eigenvalue weighted by atomic mass is 10.1. The SMILES string of the molecule is COc1ccc(CNc2ccccc2I)c(OC)c1OC. The van der Waals surface area contributed by atoms with Crippen LogP contribution in [0.15, 0.2) is 36.4 Å². The minimum atomic E-state index is 0.613. The van der Waals surface area contributed by atoms with E-state index in [1.807, 2.05) is 24.3 Å². The monoisotopic (exact) mass is 399 g/mol. The number of para-hydroxylation sites is 1. The largest absolute Gasteiger partial charge is 0.493 e. The summed E-state index contributed by atoms with van der Waals surface area (Å²) < 4.78 is 17.3. The van der Waals surface area contributed by atoms with Crippen molar-refractivity contribution in [3.63, 3.8) is 0 Å². The van der Waals surface area contributed by atoms with Crippen LogP contribution < -0.4 is 19.5 Å². The first kappa shape index (κ1) is 15.8. The number of nitrogens with one attached hydrogen (secondary N) is 1. The average molecular weight is 399 g/mol. The van der Waals surface area contributed by atoms with Crippen molar-refractivity contribution in [2.24, 2.45) is 0 Å². The van der Waals surface area contributed by atoms with Crippen LogP contribution in [0.25, 0.3) is 0 Å². The third-order valence-electron chi connectivity index (χ3n) is 3.13. The van der Waals surface area contributed by atoms with Crippen molar-refractivity contribution in [3.8, 4) is 17.2 Å². The number of hydrogen-bond acceptors (Lipinski definition) is 4. The quantitative estimate of drug-likeness (QED) is 0.748. The lowest BCUT2D eigenvalue weighted by Crippen LogP contribution is -2.05. The van der Waals surface area contributed by atoms with E-state index in [4.69, 9.17) is 14.2 Å². The summed E-state index contributed by atoms with van der Waals surface area (Å²) in [6, 6.07) is 12.0. The van der Waals surface area contributed by atoms with E-state index in [9.17, 15) is 0 Å². The normalized spacial score (nSPS) is 10.1. The fraction of sp³-hybridized carbons (Fsp3) is 0.250. The van der Waals surface area contributed by atoms with Gasteiger partial charge in [-0.15, -0.1) is 0 Å². The molecule has 4 nitrogen and oxygen atoms in total. The van der Waals surface area contributed by atoms with Gasteiger partial charge in [-0.25, -0.2) is 0 Å². The molecule has 0 aliphatic carbocycles. The van der Waals surface area contributed by atoms with E-state index < -0.39 is 0 Å². The van der Waals surface area contributed by atoms with Gasteiger partial charge in [-0.3, -0.25) is 0 Å². The minimum Gasteiger partial charge on any atom is -0.493 e. The van der Waals surface area contributed by atoms with E-state index in [1.165, 1.54) is 3.57 Å². The van der Waals surface area contributed by atoms with Crippen molar-refractivity contribution >= 4 is 28.3 Å². The van der Waals surface area contributed by atoms with Gasteiger partial charge in [-0.1, -0.05) is 12.1 Å². The minimum absolute atomic E-state index is 0.613. The highest BCUT2D eigenvalue weighted by Gasteiger charge is 2.15. The van der Waals surface area contributed by atoms with Crippen molar-refractivity contribution in [2.75, 3.05) is 26.6 Å². The fourth-order valence-corrected chi connectivity index (χ4v) is 2.68. The zero-order valence-corrected chi connectivity index (χ0v) is 14.4. The van der Waals surface area contributed by atoms with Gasteiger partial charge in [0.1, 0.15) is 0 Å². The second-order valence-corrected chi connectivity index (χ2v) is 5.49. The maximum atomic E-state index is 5.48. The molecule has 21 heavy (non-hydrogen) atoms. The Morgan fingerprint density at radius 3 is 2.24 bits per heavy atom. The summed E-state index contributed by atoms with van der Waals surface area (Å²) in [6.45, 7) is 0.642. The highest BCUT2D eigenvalue weighted by molar-refractivity contribution is 14.1. The van der Waals surface area contributed by atoms with Crippen molar-refractivity contribution in [1.29, 1.82) is 0 Å². The Bertz CT molecular complexity index is 616. The zero-order chi connectivity index (χ0) is 15.2. The number of ether oxygens (including phenoxy) is 3. The Hall–Kier alpha value is -1.63. The molecular formula is C16H18INO3. The summed E-state index contributed by atoms with van der Waals surface area (Å²) in [5.74, 6) is 1.96. The van der Waals surface area contributed by atoms with Crippen molar-refractivity contribution in [2.45, 2.75) is 6.54 Å². The van der Waals surface area contributed by atoms with E-state index >= 15 is 0 Å². The Balaban J connectivity index is 2.26. The molecule has 0 saturated carbocycles. The molecule has 0 aromatic heterocycles. The molecule has 0 amide bonds. The van der Waals surface area contributed by atoms with Gasteiger partial charge in [0, 0.05) is 21.4 Å². The summed E-state index contributed by atoms with van der Waals surface area (Å²) in [5, 5.41) is 3.41. The lowest BCUT2D eigenvalue weighted by Gasteiger charge is -2.16. The second kappa shape index (κ2) is 7.40. The summed E-state index contributed by atoms with van der Waals surface area (Å²) in [5.41, 5.74) is 2.10. The van der Waals surface area contributed by atoms with Crippen LogP contribution in [0.1, 0.15) is 5.56 Å². The van der Waals surface area contributed by atoms with E-state index in [0.717, 1.165) is 11.3 Å². The van der Waals surface area contributed by atoms with E-state index in [1.54, 1.807) is 21.3 Å². The molecule has 0 atom stereocenters. The van der Waals surface area contributed by atoms with Crippen LogP contribution in [-0.2, 0) is 6.54 Å². The lowest BCUT2D eigenvalue weighted by molar-refractivity contribution is 0.322. The molecule has 1 N–H and O–H groups in total. The van der Waals surface area contributed by atoms with E-state index in [2.05, 4.69) is 40.0 Å². The van der Waals surface area contributed by atoms with Gasteiger partial charge in [0.25, 0.3) is 0 Å². The summed E-state index contributed by atoms with van der Waals surface area (Å²) >= 11 is 2.31. The van der Waals surface area contributed by atoms with Crippen LogP contribution in [0.4, 0.5) is 5.69 Å². The molecule has 5 heteroatoms. The number of halogens is 1. The first-order valence-electron chi connectivity index (χ1n) is 6.47. The molecule has 0 spiro atoms. The van der Waals surface area contributed by atoms with Gasteiger partial charge >= 0.3 is 0 Å². The van der Waals surface area contributed by atoms with Crippen LogP contribution in [0.2, 0.25) is 0 Å². The predicted molar refractivity (Wildman–Crippen MR) is 92.6 cm³/mol. The Labute approximate surface area is 138 Å². The van der Waals surface area contributed by atoms with Gasteiger partial charge in [-0.05, 0) is 46.9 Å². The number of hydrogen-bond donors (Lipinski definition) is 1.